The first-order chi connectivity index (χ1) is 17.0. The van der Waals surface area contributed by atoms with E-state index in [0.29, 0.717) is 31.1 Å². The number of hydrogen-bond acceptors (Lipinski definition) is 7. The van der Waals surface area contributed by atoms with Crippen LogP contribution in [-0.2, 0) is 14.3 Å². The van der Waals surface area contributed by atoms with Gasteiger partial charge in [-0.25, -0.2) is 5.01 Å². The summed E-state index contributed by atoms with van der Waals surface area (Å²) in [5.41, 5.74) is 1.66. The van der Waals surface area contributed by atoms with Gasteiger partial charge in [-0.3, -0.25) is 9.59 Å². The first kappa shape index (κ1) is 25.2. The smallest absolute Gasteiger partial charge is 0.262 e. The monoisotopic (exact) mass is 499 g/mol. The number of thiophene rings is 1. The van der Waals surface area contributed by atoms with Gasteiger partial charge in [0.2, 0.25) is 5.91 Å². The van der Waals surface area contributed by atoms with Crippen molar-refractivity contribution in [1.82, 2.24) is 9.91 Å². The Morgan fingerprint density at radius 3 is 2.60 bits per heavy atom. The van der Waals surface area contributed by atoms with Crippen molar-refractivity contribution < 1.29 is 23.8 Å². The number of methoxy groups -OCH3 is 3. The molecule has 1 aliphatic carbocycles. The van der Waals surface area contributed by atoms with E-state index in [4.69, 9.17) is 19.3 Å². The second kappa shape index (κ2) is 11.7. The molecule has 35 heavy (non-hydrogen) atoms. The summed E-state index contributed by atoms with van der Waals surface area (Å²) in [6.07, 6.45) is 4.42. The largest absolute Gasteiger partial charge is 0.497 e. The fraction of sp³-hybridized carbons (Fsp3) is 0.500. The summed E-state index contributed by atoms with van der Waals surface area (Å²) in [4.78, 5) is 29.6. The molecular formula is C26H33N3O5S. The summed E-state index contributed by atoms with van der Waals surface area (Å²) < 4.78 is 16.3. The molecule has 1 atom stereocenters. The Bertz CT molecular complexity index is 1050. The van der Waals surface area contributed by atoms with Crippen LogP contribution in [-0.4, -0.2) is 68.5 Å². The average molecular weight is 500 g/mol. The Morgan fingerprint density at radius 1 is 1.14 bits per heavy atom. The standard InChI is InChI=1S/C26H33N3O5S/c1-32-13-12-28(26(31)18-7-4-5-8-18)17-25(30)29-22(16-21(27-29)24-9-6-14-35-24)20-15-19(33-2)10-11-23(20)34-3/h6,9-11,14-15,18,22H,4-5,7-8,12-13,16-17H2,1-3H3/t22-/m1/s1. The maximum Gasteiger partial charge on any atom is 0.262 e. The quantitative estimate of drug-likeness (QED) is 0.492. The molecule has 0 unspecified atom stereocenters. The lowest BCUT2D eigenvalue weighted by Gasteiger charge is -2.29. The average Bonchev–Trinajstić information content (AvgIpc) is 3.67. The zero-order valence-corrected chi connectivity index (χ0v) is 21.4. The molecule has 0 N–H and O–H groups in total. The molecule has 188 valence electrons. The van der Waals surface area contributed by atoms with E-state index in [-0.39, 0.29) is 30.3 Å². The van der Waals surface area contributed by atoms with Crippen LogP contribution >= 0.6 is 11.3 Å². The number of hydrazone groups is 1. The molecule has 1 saturated carbocycles. The molecule has 1 fully saturated rings. The molecule has 1 aliphatic heterocycles. The lowest BCUT2D eigenvalue weighted by molar-refractivity contribution is -0.144. The molecule has 2 aliphatic rings. The van der Waals surface area contributed by atoms with Gasteiger partial charge in [-0.05, 0) is 42.5 Å². The van der Waals surface area contributed by atoms with Gasteiger partial charge in [0.15, 0.2) is 0 Å². The number of nitrogens with zero attached hydrogens (tertiary/aromatic N) is 3. The summed E-state index contributed by atoms with van der Waals surface area (Å²) in [7, 11) is 4.82. The highest BCUT2D eigenvalue weighted by molar-refractivity contribution is 7.12. The number of hydrogen-bond donors (Lipinski definition) is 0. The van der Waals surface area contributed by atoms with Crippen LogP contribution in [0.5, 0.6) is 11.5 Å². The molecule has 4 rings (SSSR count). The third-order valence-corrected chi connectivity index (χ3v) is 7.59. The van der Waals surface area contributed by atoms with Gasteiger partial charge in [0.25, 0.3) is 5.91 Å². The molecular weight excluding hydrogens is 466 g/mol. The highest BCUT2D eigenvalue weighted by atomic mass is 32.1. The predicted octanol–water partition coefficient (Wildman–Crippen LogP) is 4.11. The topological polar surface area (TPSA) is 80.7 Å². The number of rotatable bonds is 10. The van der Waals surface area contributed by atoms with Crippen LogP contribution in [0.15, 0.2) is 40.8 Å². The fourth-order valence-corrected chi connectivity index (χ4v) is 5.53. The SMILES string of the molecule is COCCN(CC(=O)N1N=C(c2cccs2)C[C@@H]1c1cc(OC)ccc1OC)C(=O)C1CCCC1. The van der Waals surface area contributed by atoms with Crippen molar-refractivity contribution in [2.75, 3.05) is 41.0 Å². The second-order valence-corrected chi connectivity index (χ2v) is 9.77. The summed E-state index contributed by atoms with van der Waals surface area (Å²) in [6.45, 7) is 0.714. The van der Waals surface area contributed by atoms with E-state index in [9.17, 15) is 9.59 Å². The minimum atomic E-state index is -0.365. The normalized spacial score (nSPS) is 18.0. The summed E-state index contributed by atoms with van der Waals surface area (Å²) >= 11 is 1.59. The zero-order chi connectivity index (χ0) is 24.8. The molecule has 1 aromatic heterocycles. The Labute approximate surface area is 210 Å². The third-order valence-electron chi connectivity index (χ3n) is 6.67. The van der Waals surface area contributed by atoms with Gasteiger partial charge < -0.3 is 19.1 Å². The van der Waals surface area contributed by atoms with Crippen molar-refractivity contribution in [3.8, 4) is 11.5 Å². The van der Waals surface area contributed by atoms with Crippen LogP contribution in [0.2, 0.25) is 0 Å². The molecule has 1 aromatic carbocycles. The summed E-state index contributed by atoms with van der Waals surface area (Å²) in [6, 6.07) is 9.18. The number of carbonyl (C=O) groups is 2. The highest BCUT2D eigenvalue weighted by Crippen LogP contribution is 2.40. The van der Waals surface area contributed by atoms with Crippen LogP contribution in [0.3, 0.4) is 0 Å². The molecule has 0 bridgehead atoms. The molecule has 0 saturated heterocycles. The molecule has 0 spiro atoms. The van der Waals surface area contributed by atoms with Crippen LogP contribution in [0.4, 0.5) is 0 Å². The van der Waals surface area contributed by atoms with Crippen molar-refractivity contribution in [1.29, 1.82) is 0 Å². The third kappa shape index (κ3) is 5.67. The lowest BCUT2D eigenvalue weighted by Crippen LogP contribution is -2.44. The Morgan fingerprint density at radius 2 is 1.94 bits per heavy atom. The predicted molar refractivity (Wildman–Crippen MR) is 135 cm³/mol. The number of ether oxygens (including phenoxy) is 3. The number of carbonyl (C=O) groups excluding carboxylic acids is 2. The molecule has 0 radical (unpaired) electrons. The fourth-order valence-electron chi connectivity index (χ4n) is 4.81. The van der Waals surface area contributed by atoms with Gasteiger partial charge >= 0.3 is 0 Å². The molecule has 2 heterocycles. The van der Waals surface area contributed by atoms with Crippen LogP contribution in [0.1, 0.15) is 48.6 Å². The van der Waals surface area contributed by atoms with Crippen molar-refractivity contribution >= 4 is 28.9 Å². The van der Waals surface area contributed by atoms with Crippen molar-refractivity contribution in [3.05, 3.63) is 46.2 Å². The maximum atomic E-state index is 13.7. The Kier molecular flexibility index (Phi) is 8.41. The van der Waals surface area contributed by atoms with Gasteiger partial charge in [0.1, 0.15) is 18.0 Å². The summed E-state index contributed by atoms with van der Waals surface area (Å²) in [5.74, 6) is 1.13. The Balaban J connectivity index is 1.63. The molecule has 9 heteroatoms. The highest BCUT2D eigenvalue weighted by Gasteiger charge is 2.37. The molecule has 2 amide bonds. The van der Waals surface area contributed by atoms with E-state index >= 15 is 0 Å². The summed E-state index contributed by atoms with van der Waals surface area (Å²) in [5, 5.41) is 8.27. The second-order valence-electron chi connectivity index (χ2n) is 8.82. The van der Waals surface area contributed by atoms with E-state index < -0.39 is 0 Å². The van der Waals surface area contributed by atoms with Crippen molar-refractivity contribution in [2.45, 2.75) is 38.1 Å². The molecule has 8 nitrogen and oxygen atoms in total. The van der Waals surface area contributed by atoms with E-state index in [0.717, 1.165) is 41.8 Å². The van der Waals surface area contributed by atoms with Crippen LogP contribution < -0.4 is 9.47 Å². The van der Waals surface area contributed by atoms with E-state index in [1.54, 1.807) is 37.6 Å². The Hall–Kier alpha value is -2.91. The zero-order valence-electron chi connectivity index (χ0n) is 20.6. The van der Waals surface area contributed by atoms with Crippen LogP contribution in [0, 0.1) is 5.92 Å². The van der Waals surface area contributed by atoms with Crippen molar-refractivity contribution in [3.63, 3.8) is 0 Å². The van der Waals surface area contributed by atoms with Crippen LogP contribution in [0.25, 0.3) is 0 Å². The minimum Gasteiger partial charge on any atom is -0.497 e. The van der Waals surface area contributed by atoms with E-state index in [1.807, 2.05) is 35.7 Å². The first-order valence-electron chi connectivity index (χ1n) is 12.0. The van der Waals surface area contributed by atoms with Gasteiger partial charge in [-0.1, -0.05) is 18.9 Å². The van der Waals surface area contributed by atoms with Gasteiger partial charge in [-0.2, -0.15) is 5.10 Å². The maximum absolute atomic E-state index is 13.7. The number of amides is 2. The van der Waals surface area contributed by atoms with Gasteiger partial charge in [-0.15, -0.1) is 11.3 Å². The molecule has 2 aromatic rings. The minimum absolute atomic E-state index is 0.0160. The van der Waals surface area contributed by atoms with Gasteiger partial charge in [0, 0.05) is 31.6 Å². The lowest BCUT2D eigenvalue weighted by atomic mass is 9.99. The van der Waals surface area contributed by atoms with Crippen molar-refractivity contribution in [2.24, 2.45) is 11.0 Å². The first-order valence-corrected chi connectivity index (χ1v) is 12.9. The van der Waals surface area contributed by atoms with E-state index in [1.165, 1.54) is 5.01 Å². The van der Waals surface area contributed by atoms with E-state index in [2.05, 4.69) is 0 Å². The number of benzene rings is 1. The van der Waals surface area contributed by atoms with Gasteiger partial charge in [0.05, 0.1) is 37.5 Å².